The van der Waals surface area contributed by atoms with E-state index in [1.165, 1.54) is 6.07 Å². The molecule has 18 heavy (non-hydrogen) atoms. The summed E-state index contributed by atoms with van der Waals surface area (Å²) in [6.07, 6.45) is -2.11. The summed E-state index contributed by atoms with van der Waals surface area (Å²) in [6, 6.07) is 8.05. The number of aromatic nitrogens is 1. The van der Waals surface area contributed by atoms with E-state index in [1.54, 1.807) is 24.4 Å². The van der Waals surface area contributed by atoms with Crippen molar-refractivity contribution in [1.82, 2.24) is 4.98 Å². The fraction of sp³-hybridized carbons (Fsp3) is 0.0833. The molecule has 0 atom stereocenters. The Labute approximate surface area is 100 Å². The van der Waals surface area contributed by atoms with Crippen LogP contribution in [0.25, 0.3) is 11.3 Å². The number of hydrogen-bond acceptors (Lipinski definition) is 3. The van der Waals surface area contributed by atoms with Crippen LogP contribution in [0.15, 0.2) is 30.5 Å². The monoisotopic (exact) mass is 248 g/mol. The summed E-state index contributed by atoms with van der Waals surface area (Å²) in [5.74, 6) is -0.113. The fourth-order valence-corrected chi connectivity index (χ4v) is 1.85. The second kappa shape index (κ2) is 3.47. The molecule has 0 spiro atoms. The molecule has 90 valence electrons. The molecule has 0 unspecified atom stereocenters. The highest BCUT2D eigenvalue weighted by Crippen LogP contribution is 2.47. The lowest BCUT2D eigenvalue weighted by molar-refractivity contribution is -0.286. The Kier molecular flexibility index (Phi) is 2.04. The molecule has 1 aromatic carbocycles. The summed E-state index contributed by atoms with van der Waals surface area (Å²) in [7, 11) is 0. The molecule has 0 aliphatic carbocycles. The number of aromatic amines is 1. The molecule has 3 rings (SSSR count). The first-order valence-electron chi connectivity index (χ1n) is 5.07. The Bertz CT molecular complexity index is 658. The summed E-state index contributed by atoms with van der Waals surface area (Å²) < 4.78 is 34.9. The van der Waals surface area contributed by atoms with E-state index in [0.717, 1.165) is 0 Å². The number of nitrogens with zero attached hydrogens (tertiary/aromatic N) is 1. The van der Waals surface area contributed by atoms with E-state index < -0.39 is 6.29 Å². The largest absolute Gasteiger partial charge is 0.586 e. The number of ether oxygens (including phenoxy) is 2. The van der Waals surface area contributed by atoms with Crippen molar-refractivity contribution in [2.24, 2.45) is 0 Å². The first-order valence-corrected chi connectivity index (χ1v) is 5.07. The van der Waals surface area contributed by atoms with Crippen molar-refractivity contribution in [2.75, 3.05) is 0 Å². The SMILES string of the molecule is N#Cc1cc[nH]c1-c1cccc2c1OC(F)(F)O2. The molecule has 0 saturated carbocycles. The number of halogens is 2. The van der Waals surface area contributed by atoms with Gasteiger partial charge in [0, 0.05) is 11.8 Å². The van der Waals surface area contributed by atoms with Crippen LogP contribution >= 0.6 is 0 Å². The molecule has 0 amide bonds. The van der Waals surface area contributed by atoms with Crippen molar-refractivity contribution < 1.29 is 18.3 Å². The van der Waals surface area contributed by atoms with E-state index in [2.05, 4.69) is 14.5 Å². The Balaban J connectivity index is 2.17. The van der Waals surface area contributed by atoms with Gasteiger partial charge in [-0.1, -0.05) is 6.07 Å². The molecule has 0 saturated heterocycles. The van der Waals surface area contributed by atoms with Crippen LogP contribution < -0.4 is 9.47 Å². The molecule has 1 aliphatic heterocycles. The molecule has 0 bridgehead atoms. The third-order valence-electron chi connectivity index (χ3n) is 2.57. The first kappa shape index (κ1) is 10.6. The summed E-state index contributed by atoms with van der Waals surface area (Å²) in [6.45, 7) is 0. The summed E-state index contributed by atoms with van der Waals surface area (Å²) in [5, 5.41) is 8.93. The van der Waals surface area contributed by atoms with Crippen molar-refractivity contribution in [3.63, 3.8) is 0 Å². The quantitative estimate of drug-likeness (QED) is 0.844. The highest BCUT2D eigenvalue weighted by atomic mass is 19.3. The topological polar surface area (TPSA) is 58.0 Å². The van der Waals surface area contributed by atoms with E-state index in [4.69, 9.17) is 5.26 Å². The molecule has 1 aromatic heterocycles. The second-order valence-electron chi connectivity index (χ2n) is 3.68. The molecule has 0 radical (unpaired) electrons. The zero-order valence-electron chi connectivity index (χ0n) is 8.91. The number of para-hydroxylation sites is 1. The van der Waals surface area contributed by atoms with Gasteiger partial charge < -0.3 is 14.5 Å². The Morgan fingerprint density at radius 1 is 1.22 bits per heavy atom. The van der Waals surface area contributed by atoms with Crippen LogP contribution in [0.1, 0.15) is 5.56 Å². The van der Waals surface area contributed by atoms with Crippen molar-refractivity contribution in [3.8, 4) is 28.8 Å². The summed E-state index contributed by atoms with van der Waals surface area (Å²) >= 11 is 0. The third kappa shape index (κ3) is 1.49. The molecular formula is C12H6F2N2O2. The van der Waals surface area contributed by atoms with Gasteiger partial charge in [0.2, 0.25) is 0 Å². The molecular weight excluding hydrogens is 242 g/mol. The van der Waals surface area contributed by atoms with Gasteiger partial charge in [-0.15, -0.1) is 8.78 Å². The van der Waals surface area contributed by atoms with Gasteiger partial charge in [0.05, 0.1) is 11.3 Å². The molecule has 2 aromatic rings. The highest BCUT2D eigenvalue weighted by molar-refractivity contribution is 5.76. The third-order valence-corrected chi connectivity index (χ3v) is 2.57. The van der Waals surface area contributed by atoms with Gasteiger partial charge in [-0.3, -0.25) is 0 Å². The molecule has 2 heterocycles. The highest BCUT2D eigenvalue weighted by Gasteiger charge is 2.44. The number of alkyl halides is 2. The molecule has 1 N–H and O–H groups in total. The zero-order valence-corrected chi connectivity index (χ0v) is 8.91. The first-order chi connectivity index (χ1) is 8.61. The maximum absolute atomic E-state index is 13.0. The Morgan fingerprint density at radius 2 is 2.06 bits per heavy atom. The van der Waals surface area contributed by atoms with Crippen LogP contribution in [0.3, 0.4) is 0 Å². The van der Waals surface area contributed by atoms with E-state index >= 15 is 0 Å². The van der Waals surface area contributed by atoms with Gasteiger partial charge in [-0.05, 0) is 18.2 Å². The van der Waals surface area contributed by atoms with E-state index in [9.17, 15) is 8.78 Å². The number of rotatable bonds is 1. The smallest absolute Gasteiger partial charge is 0.395 e. The van der Waals surface area contributed by atoms with Gasteiger partial charge >= 0.3 is 6.29 Å². The Hall–Kier alpha value is -2.55. The summed E-state index contributed by atoms with van der Waals surface area (Å²) in [5.41, 5.74) is 1.14. The zero-order chi connectivity index (χ0) is 12.8. The molecule has 6 heteroatoms. The lowest BCUT2D eigenvalue weighted by atomic mass is 10.1. The van der Waals surface area contributed by atoms with Gasteiger partial charge in [-0.25, -0.2) is 0 Å². The second-order valence-corrected chi connectivity index (χ2v) is 3.68. The van der Waals surface area contributed by atoms with Gasteiger partial charge in [0.25, 0.3) is 0 Å². The molecule has 4 nitrogen and oxygen atoms in total. The minimum absolute atomic E-state index is 0.0454. The lowest BCUT2D eigenvalue weighted by Gasteiger charge is -2.06. The maximum atomic E-state index is 13.0. The van der Waals surface area contributed by atoms with Crippen LogP contribution in [0, 0.1) is 11.3 Å². The fourth-order valence-electron chi connectivity index (χ4n) is 1.85. The number of nitriles is 1. The predicted molar refractivity (Wildman–Crippen MR) is 57.1 cm³/mol. The van der Waals surface area contributed by atoms with Crippen molar-refractivity contribution in [1.29, 1.82) is 5.26 Å². The molecule has 1 aliphatic rings. The Morgan fingerprint density at radius 3 is 2.83 bits per heavy atom. The van der Waals surface area contributed by atoms with Gasteiger partial charge in [0.1, 0.15) is 6.07 Å². The number of benzene rings is 1. The van der Waals surface area contributed by atoms with E-state index in [1.807, 2.05) is 6.07 Å². The average molecular weight is 248 g/mol. The molecule has 0 fully saturated rings. The van der Waals surface area contributed by atoms with Crippen LogP contribution in [-0.2, 0) is 0 Å². The van der Waals surface area contributed by atoms with Crippen molar-refractivity contribution >= 4 is 0 Å². The minimum Gasteiger partial charge on any atom is -0.395 e. The number of hydrogen-bond donors (Lipinski definition) is 1. The number of nitrogens with one attached hydrogen (secondary N) is 1. The normalized spacial score (nSPS) is 15.4. The van der Waals surface area contributed by atoms with Crippen molar-refractivity contribution in [3.05, 3.63) is 36.0 Å². The van der Waals surface area contributed by atoms with Gasteiger partial charge in [0.15, 0.2) is 11.5 Å². The van der Waals surface area contributed by atoms with Gasteiger partial charge in [-0.2, -0.15) is 5.26 Å². The maximum Gasteiger partial charge on any atom is 0.586 e. The standard InChI is InChI=1S/C12H6F2N2O2/c13-12(14)17-9-3-1-2-8(11(9)18-12)10-7(6-15)4-5-16-10/h1-5,16H. The van der Waals surface area contributed by atoms with E-state index in [-0.39, 0.29) is 11.5 Å². The number of H-pyrrole nitrogens is 1. The minimum atomic E-state index is -3.67. The van der Waals surface area contributed by atoms with Crippen LogP contribution in [0.4, 0.5) is 8.78 Å². The summed E-state index contributed by atoms with van der Waals surface area (Å²) in [4.78, 5) is 2.83. The predicted octanol–water partition coefficient (Wildman–Crippen LogP) is 2.87. The van der Waals surface area contributed by atoms with Crippen LogP contribution in [-0.4, -0.2) is 11.3 Å². The lowest BCUT2D eigenvalue weighted by Crippen LogP contribution is -2.26. The van der Waals surface area contributed by atoms with E-state index in [0.29, 0.717) is 16.8 Å². The van der Waals surface area contributed by atoms with Crippen LogP contribution in [0.5, 0.6) is 11.5 Å². The average Bonchev–Trinajstić information content (AvgIpc) is 2.89. The number of fused-ring (bicyclic) bond motifs is 1. The van der Waals surface area contributed by atoms with Crippen molar-refractivity contribution in [2.45, 2.75) is 6.29 Å². The van der Waals surface area contributed by atoms with Crippen LogP contribution in [0.2, 0.25) is 0 Å².